The quantitative estimate of drug-likeness (QED) is 0.141. The molecule has 0 saturated heterocycles. The van der Waals surface area contributed by atoms with E-state index in [4.69, 9.17) is 0 Å². The Balaban J connectivity index is 1.01. The first kappa shape index (κ1) is 37.6. The van der Waals surface area contributed by atoms with Gasteiger partial charge >= 0.3 is 0 Å². The number of rotatable bonds is 9. The maximum Gasteiger partial charge on any atom is 0.0541 e. The fourth-order valence-electron chi connectivity index (χ4n) is 10.0. The molecule has 0 radical (unpaired) electrons. The summed E-state index contributed by atoms with van der Waals surface area (Å²) in [7, 11) is 0. The second-order valence-corrected chi connectivity index (χ2v) is 17.1. The van der Waals surface area contributed by atoms with Crippen LogP contribution in [0.4, 0.5) is 17.1 Å². The Bertz CT molecular complexity index is 3230. The molecule has 1 aliphatic carbocycles. The highest BCUT2D eigenvalue weighted by atomic mass is 15.1. The molecule has 0 N–H and O–H groups in total. The fourth-order valence-corrected chi connectivity index (χ4v) is 10.0. The van der Waals surface area contributed by atoms with Crippen molar-refractivity contribution in [3.05, 3.63) is 240 Å². The van der Waals surface area contributed by atoms with E-state index in [0.717, 1.165) is 29.9 Å². The first-order valence-corrected chi connectivity index (χ1v) is 22.0. The average molecular weight is 797 g/mol. The van der Waals surface area contributed by atoms with Crippen LogP contribution in [0.3, 0.4) is 0 Å². The molecule has 1 aromatic heterocycles. The van der Waals surface area contributed by atoms with Crippen molar-refractivity contribution < 1.29 is 0 Å². The molecule has 0 fully saturated rings. The van der Waals surface area contributed by atoms with Gasteiger partial charge in [-0.1, -0.05) is 165 Å². The first-order valence-electron chi connectivity index (χ1n) is 22.0. The van der Waals surface area contributed by atoms with Crippen LogP contribution in [0.15, 0.2) is 212 Å². The molecule has 2 nitrogen and oxygen atoms in total. The number of benzene rings is 9. The summed E-state index contributed by atoms with van der Waals surface area (Å²) in [5.41, 5.74) is 20.7. The maximum absolute atomic E-state index is 2.44. The van der Waals surface area contributed by atoms with E-state index in [1.807, 2.05) is 0 Å². The van der Waals surface area contributed by atoms with Crippen LogP contribution >= 0.6 is 0 Å². The zero-order valence-electron chi connectivity index (χ0n) is 35.5. The van der Waals surface area contributed by atoms with Gasteiger partial charge in [0, 0.05) is 38.9 Å². The van der Waals surface area contributed by atoms with Gasteiger partial charge in [-0.2, -0.15) is 0 Å². The molecule has 62 heavy (non-hydrogen) atoms. The third-order valence-electron chi connectivity index (χ3n) is 13.3. The summed E-state index contributed by atoms with van der Waals surface area (Å²) in [6.45, 7) is 6.80. The number of anilines is 3. The van der Waals surface area contributed by atoms with E-state index in [1.54, 1.807) is 0 Å². The van der Waals surface area contributed by atoms with Crippen LogP contribution in [0.25, 0.3) is 60.9 Å². The fraction of sp³-hybridized carbons (Fsp3) is 0.100. The number of fused-ring (bicyclic) bond motifs is 6. The number of para-hydroxylation sites is 1. The predicted molar refractivity (Wildman–Crippen MR) is 263 cm³/mol. The van der Waals surface area contributed by atoms with Gasteiger partial charge in [-0.15, -0.1) is 0 Å². The van der Waals surface area contributed by atoms with Gasteiger partial charge in [0.25, 0.3) is 0 Å². The van der Waals surface area contributed by atoms with Crippen LogP contribution in [0.1, 0.15) is 48.1 Å². The molecule has 11 rings (SSSR count). The lowest BCUT2D eigenvalue weighted by molar-refractivity contribution is 0.713. The standard InChI is InChI=1S/C60H48N2/c1-4-12-42-21-30-50(31-22-42)62-58-18-11-9-16-54(58)55-39-46(27-38-59(55)62)45-25-34-49(35-26-45)61(48-32-23-44(24-33-48)43-13-6-5-7-14-43)51-36-37-53-52-15-8-10-17-56(52)60(3,57(53)40-51)47-28-19-41(2)20-29-47/h5-11,13-40H,4,12H2,1-3H3. The number of aryl methyl sites for hydroxylation is 2. The van der Waals surface area contributed by atoms with Gasteiger partial charge in [0.15, 0.2) is 0 Å². The zero-order chi connectivity index (χ0) is 41.8. The second kappa shape index (κ2) is 15.2. The monoisotopic (exact) mass is 796 g/mol. The summed E-state index contributed by atoms with van der Waals surface area (Å²) >= 11 is 0. The van der Waals surface area contributed by atoms with Gasteiger partial charge in [-0.3, -0.25) is 0 Å². The Kier molecular flexibility index (Phi) is 9.24. The number of hydrogen-bond acceptors (Lipinski definition) is 1. The van der Waals surface area contributed by atoms with Crippen molar-refractivity contribution in [1.29, 1.82) is 0 Å². The number of aromatic nitrogens is 1. The molecule has 0 aliphatic heterocycles. The van der Waals surface area contributed by atoms with Gasteiger partial charge in [-0.05, 0) is 143 Å². The highest BCUT2D eigenvalue weighted by molar-refractivity contribution is 6.10. The Labute approximate surface area is 365 Å². The van der Waals surface area contributed by atoms with Crippen molar-refractivity contribution in [2.75, 3.05) is 4.90 Å². The predicted octanol–water partition coefficient (Wildman–Crippen LogP) is 16.2. The lowest BCUT2D eigenvalue weighted by atomic mass is 9.74. The van der Waals surface area contributed by atoms with Crippen molar-refractivity contribution >= 4 is 38.9 Å². The Morgan fingerprint density at radius 2 is 1.03 bits per heavy atom. The Hall–Kier alpha value is -7.42. The van der Waals surface area contributed by atoms with E-state index < -0.39 is 0 Å². The molecule has 1 heterocycles. The third kappa shape index (κ3) is 6.25. The van der Waals surface area contributed by atoms with Crippen LogP contribution < -0.4 is 4.90 Å². The van der Waals surface area contributed by atoms with Crippen molar-refractivity contribution in [3.8, 4) is 39.1 Å². The molecule has 0 amide bonds. The van der Waals surface area contributed by atoms with E-state index >= 15 is 0 Å². The highest BCUT2D eigenvalue weighted by Gasteiger charge is 2.41. The summed E-state index contributed by atoms with van der Waals surface area (Å²) in [4.78, 5) is 2.42. The van der Waals surface area contributed by atoms with Crippen LogP contribution in [0, 0.1) is 6.92 Å². The molecular weight excluding hydrogens is 749 g/mol. The Morgan fingerprint density at radius 1 is 0.452 bits per heavy atom. The lowest BCUT2D eigenvalue weighted by Gasteiger charge is -2.31. The molecule has 1 unspecified atom stereocenters. The zero-order valence-corrected chi connectivity index (χ0v) is 35.5. The van der Waals surface area contributed by atoms with Gasteiger partial charge in [0.05, 0.1) is 11.0 Å². The first-order chi connectivity index (χ1) is 30.5. The van der Waals surface area contributed by atoms with E-state index in [-0.39, 0.29) is 5.41 Å². The largest absolute Gasteiger partial charge is 0.310 e. The van der Waals surface area contributed by atoms with Gasteiger partial charge in [0.2, 0.25) is 0 Å². The van der Waals surface area contributed by atoms with Crippen molar-refractivity contribution in [2.45, 2.75) is 39.0 Å². The molecule has 0 bridgehead atoms. The van der Waals surface area contributed by atoms with Crippen molar-refractivity contribution in [1.82, 2.24) is 4.57 Å². The van der Waals surface area contributed by atoms with E-state index in [2.05, 4.69) is 243 Å². The molecule has 10 aromatic rings. The molecule has 2 heteroatoms. The maximum atomic E-state index is 2.44. The summed E-state index contributed by atoms with van der Waals surface area (Å²) in [6, 6.07) is 78.8. The Morgan fingerprint density at radius 3 is 1.76 bits per heavy atom. The van der Waals surface area contributed by atoms with Crippen LogP contribution in [-0.4, -0.2) is 4.57 Å². The second-order valence-electron chi connectivity index (χ2n) is 17.1. The normalized spacial score (nSPS) is 14.2. The minimum atomic E-state index is -0.303. The topological polar surface area (TPSA) is 8.17 Å². The van der Waals surface area contributed by atoms with Crippen molar-refractivity contribution in [3.63, 3.8) is 0 Å². The van der Waals surface area contributed by atoms with Crippen LogP contribution in [0.2, 0.25) is 0 Å². The summed E-state index contributed by atoms with van der Waals surface area (Å²) in [5, 5.41) is 2.52. The van der Waals surface area contributed by atoms with Crippen LogP contribution in [-0.2, 0) is 11.8 Å². The molecule has 0 saturated carbocycles. The molecule has 0 spiro atoms. The minimum absolute atomic E-state index is 0.303. The number of nitrogens with zero attached hydrogens (tertiary/aromatic N) is 2. The molecule has 1 atom stereocenters. The van der Waals surface area contributed by atoms with E-state index in [1.165, 1.54) is 88.7 Å². The van der Waals surface area contributed by atoms with Gasteiger partial charge in [-0.25, -0.2) is 0 Å². The van der Waals surface area contributed by atoms with Gasteiger partial charge in [0.1, 0.15) is 0 Å². The third-order valence-corrected chi connectivity index (χ3v) is 13.3. The van der Waals surface area contributed by atoms with Gasteiger partial charge < -0.3 is 9.47 Å². The number of hydrogen-bond donors (Lipinski definition) is 0. The SMILES string of the molecule is CCCc1ccc(-n2c3ccccc3c3cc(-c4ccc(N(c5ccc(-c6ccccc6)cc5)c5ccc6c(c5)C(C)(c5ccc(C)cc5)c5ccccc5-6)cc4)ccc32)cc1. The molecular formula is C60H48N2. The summed E-state index contributed by atoms with van der Waals surface area (Å²) in [5.74, 6) is 0. The molecule has 1 aliphatic rings. The smallest absolute Gasteiger partial charge is 0.0541 e. The van der Waals surface area contributed by atoms with E-state index in [9.17, 15) is 0 Å². The van der Waals surface area contributed by atoms with Crippen LogP contribution in [0.5, 0.6) is 0 Å². The molecule has 298 valence electrons. The highest BCUT2D eigenvalue weighted by Crippen LogP contribution is 2.54. The summed E-state index contributed by atoms with van der Waals surface area (Å²) in [6.07, 6.45) is 2.25. The lowest BCUT2D eigenvalue weighted by Crippen LogP contribution is -2.23. The average Bonchev–Trinajstić information content (AvgIpc) is 3.79. The van der Waals surface area contributed by atoms with Crippen molar-refractivity contribution in [2.24, 2.45) is 0 Å². The summed E-state index contributed by atoms with van der Waals surface area (Å²) < 4.78 is 2.41. The van der Waals surface area contributed by atoms with E-state index in [0.29, 0.717) is 0 Å². The molecule has 9 aromatic carbocycles. The minimum Gasteiger partial charge on any atom is -0.310 e.